The molecule has 1 rings (SSSR count). The van der Waals surface area contributed by atoms with E-state index in [2.05, 4.69) is 4.74 Å². The van der Waals surface area contributed by atoms with Crippen LogP contribution in [0.15, 0.2) is 18.2 Å². The zero-order valence-corrected chi connectivity index (χ0v) is 11.6. The summed E-state index contributed by atoms with van der Waals surface area (Å²) >= 11 is 5.43. The largest absolute Gasteiger partial charge is 1.00 e. The zero-order chi connectivity index (χ0) is 10.1. The first-order valence-corrected chi connectivity index (χ1v) is 3.86. The van der Waals surface area contributed by atoms with Crippen LogP contribution in [0.1, 0.15) is 0 Å². The van der Waals surface area contributed by atoms with Gasteiger partial charge in [-0.3, -0.25) is 0 Å². The number of methoxy groups -OCH3 is 1. The second-order valence-corrected chi connectivity index (χ2v) is 2.90. The average molecular weight is 248 g/mol. The molecule has 0 radical (unpaired) electrons. The van der Waals surface area contributed by atoms with Crippen LogP contribution in [0, 0.1) is 0 Å². The molecule has 0 aliphatic heterocycles. The summed E-state index contributed by atoms with van der Waals surface area (Å²) in [5.41, 5.74) is -0.796. The van der Waals surface area contributed by atoms with Crippen LogP contribution in [0.5, 0.6) is 5.75 Å². The topological polar surface area (TPSA) is 9.23 Å². The molecule has 0 spiro atoms. The molecular formula is C7H6BClF3KO. The van der Waals surface area contributed by atoms with Gasteiger partial charge in [-0.05, 0) is 12.1 Å². The van der Waals surface area contributed by atoms with Crippen molar-refractivity contribution in [3.63, 3.8) is 0 Å². The number of benzene rings is 1. The number of ether oxygens (including phenoxy) is 1. The second-order valence-electron chi connectivity index (χ2n) is 2.46. The van der Waals surface area contributed by atoms with Crippen LogP contribution < -0.4 is 61.6 Å². The Kier molecular flexibility index (Phi) is 6.10. The van der Waals surface area contributed by atoms with Gasteiger partial charge in [0.15, 0.2) is 0 Å². The Morgan fingerprint density at radius 2 is 1.86 bits per heavy atom. The van der Waals surface area contributed by atoms with Crippen molar-refractivity contribution < 1.29 is 69.1 Å². The number of rotatable bonds is 2. The van der Waals surface area contributed by atoms with Gasteiger partial charge in [-0.2, -0.15) is 0 Å². The quantitative estimate of drug-likeness (QED) is 0.636. The number of halogens is 4. The molecule has 72 valence electrons. The van der Waals surface area contributed by atoms with Gasteiger partial charge in [0, 0.05) is 5.02 Å². The summed E-state index contributed by atoms with van der Waals surface area (Å²) in [5.74, 6) is -0.197. The molecule has 0 fully saturated rings. The van der Waals surface area contributed by atoms with E-state index < -0.39 is 12.4 Å². The summed E-state index contributed by atoms with van der Waals surface area (Å²) in [6, 6.07) is 3.42. The Hall–Kier alpha value is 0.801. The molecule has 0 saturated carbocycles. The summed E-state index contributed by atoms with van der Waals surface area (Å²) in [6.07, 6.45) is 0. The van der Waals surface area contributed by atoms with Crippen LogP contribution in [0.25, 0.3) is 0 Å². The summed E-state index contributed by atoms with van der Waals surface area (Å²) < 4.78 is 41.6. The Morgan fingerprint density at radius 3 is 2.29 bits per heavy atom. The predicted octanol–water partition coefficient (Wildman–Crippen LogP) is -0.593. The van der Waals surface area contributed by atoms with E-state index in [-0.39, 0.29) is 62.2 Å². The first-order chi connectivity index (χ1) is 5.95. The molecule has 0 amide bonds. The maximum atomic E-state index is 12.3. The molecule has 0 aliphatic carbocycles. The van der Waals surface area contributed by atoms with Gasteiger partial charge in [0.1, 0.15) is 0 Å². The van der Waals surface area contributed by atoms with Gasteiger partial charge in [0.2, 0.25) is 0 Å². The van der Waals surface area contributed by atoms with Crippen LogP contribution in [0.3, 0.4) is 0 Å². The minimum absolute atomic E-state index is 0. The first kappa shape index (κ1) is 14.8. The van der Waals surface area contributed by atoms with Crippen molar-refractivity contribution in [1.29, 1.82) is 0 Å². The first-order valence-electron chi connectivity index (χ1n) is 3.48. The summed E-state index contributed by atoms with van der Waals surface area (Å²) in [5, 5.41) is 0.0509. The maximum Gasteiger partial charge on any atom is 1.00 e. The van der Waals surface area contributed by atoms with Gasteiger partial charge < -0.3 is 17.7 Å². The van der Waals surface area contributed by atoms with E-state index in [1.165, 1.54) is 19.2 Å². The van der Waals surface area contributed by atoms with Crippen LogP contribution >= 0.6 is 11.6 Å². The predicted molar refractivity (Wildman–Crippen MR) is 46.7 cm³/mol. The van der Waals surface area contributed by atoms with Gasteiger partial charge >= 0.3 is 58.4 Å². The molecular weight excluding hydrogens is 242 g/mol. The van der Waals surface area contributed by atoms with Crippen molar-refractivity contribution in [1.82, 2.24) is 0 Å². The van der Waals surface area contributed by atoms with E-state index in [0.717, 1.165) is 6.07 Å². The van der Waals surface area contributed by atoms with Crippen molar-refractivity contribution >= 4 is 24.0 Å². The fourth-order valence-corrected chi connectivity index (χ4v) is 1.14. The SMILES string of the molecule is COc1ccc(Cl)cc1[B-](F)(F)F.[K+]. The van der Waals surface area contributed by atoms with Crippen molar-refractivity contribution in [3.8, 4) is 5.75 Å². The molecule has 0 saturated heterocycles. The van der Waals surface area contributed by atoms with Crippen LogP contribution in [0.2, 0.25) is 5.02 Å². The average Bonchev–Trinajstić information content (AvgIpc) is 2.03. The number of hydrogen-bond donors (Lipinski definition) is 0. The van der Waals surface area contributed by atoms with Gasteiger partial charge in [-0.1, -0.05) is 23.1 Å². The third-order valence-electron chi connectivity index (χ3n) is 1.54. The molecule has 1 nitrogen and oxygen atoms in total. The summed E-state index contributed by atoms with van der Waals surface area (Å²) in [4.78, 5) is 0. The Bertz CT molecular complexity index is 318. The van der Waals surface area contributed by atoms with Crippen molar-refractivity contribution in [2.75, 3.05) is 7.11 Å². The van der Waals surface area contributed by atoms with Crippen LogP contribution in [0.4, 0.5) is 12.9 Å². The van der Waals surface area contributed by atoms with Gasteiger partial charge in [-0.15, -0.1) is 0 Å². The molecule has 0 unspecified atom stereocenters. The minimum atomic E-state index is -5.07. The molecule has 0 aliphatic rings. The smallest absolute Gasteiger partial charge is 0.500 e. The molecule has 0 bridgehead atoms. The third-order valence-corrected chi connectivity index (χ3v) is 1.78. The van der Waals surface area contributed by atoms with Gasteiger partial charge in [0.25, 0.3) is 0 Å². The van der Waals surface area contributed by atoms with E-state index in [1.54, 1.807) is 0 Å². The van der Waals surface area contributed by atoms with Gasteiger partial charge in [0.05, 0.1) is 12.9 Å². The molecule has 1 aromatic rings. The second kappa shape index (κ2) is 5.77. The summed E-state index contributed by atoms with van der Waals surface area (Å²) in [6.45, 7) is -5.07. The van der Waals surface area contributed by atoms with E-state index in [1.807, 2.05) is 0 Å². The minimum Gasteiger partial charge on any atom is -0.500 e. The normalized spacial score (nSPS) is 10.6. The molecule has 7 heteroatoms. The maximum absolute atomic E-state index is 12.3. The standard InChI is InChI=1S/C7H6BClF3O.K/c1-13-7-3-2-5(9)4-6(7)8(10,11)12;/h2-4H,1H3;/q-1;+1. The fourth-order valence-electron chi connectivity index (χ4n) is 0.961. The van der Waals surface area contributed by atoms with E-state index >= 15 is 0 Å². The molecule has 0 heterocycles. The zero-order valence-electron chi connectivity index (χ0n) is 7.73. The van der Waals surface area contributed by atoms with Crippen molar-refractivity contribution in [2.24, 2.45) is 0 Å². The fraction of sp³-hybridized carbons (Fsp3) is 0.143. The monoisotopic (exact) mass is 248 g/mol. The van der Waals surface area contributed by atoms with Crippen molar-refractivity contribution in [2.45, 2.75) is 0 Å². The van der Waals surface area contributed by atoms with Gasteiger partial charge in [-0.25, -0.2) is 0 Å². The van der Waals surface area contributed by atoms with E-state index in [9.17, 15) is 12.9 Å². The molecule has 1 aromatic carbocycles. The molecule has 14 heavy (non-hydrogen) atoms. The van der Waals surface area contributed by atoms with Crippen LogP contribution in [-0.4, -0.2) is 14.1 Å². The third kappa shape index (κ3) is 3.75. The van der Waals surface area contributed by atoms with E-state index in [0.29, 0.717) is 0 Å². The Morgan fingerprint density at radius 1 is 1.29 bits per heavy atom. The van der Waals surface area contributed by atoms with Crippen LogP contribution in [-0.2, 0) is 0 Å². The number of hydrogen-bond acceptors (Lipinski definition) is 1. The van der Waals surface area contributed by atoms with E-state index in [4.69, 9.17) is 11.6 Å². The van der Waals surface area contributed by atoms with Crippen molar-refractivity contribution in [3.05, 3.63) is 23.2 Å². The Labute approximate surface area is 127 Å². The molecule has 0 N–H and O–H groups in total. The molecule has 0 atom stereocenters. The molecule has 0 aromatic heterocycles. The summed E-state index contributed by atoms with van der Waals surface area (Å²) in [7, 11) is 1.19. The Balaban J connectivity index is 0.00000169.